The molecule has 0 unspecified atom stereocenters. The summed E-state index contributed by atoms with van der Waals surface area (Å²) >= 11 is 5.90. The molecular weight excluding hydrogens is 411 g/mol. The van der Waals surface area contributed by atoms with Gasteiger partial charge in [0.2, 0.25) is 0 Å². The van der Waals surface area contributed by atoms with Gasteiger partial charge < -0.3 is 5.11 Å². The number of benzene rings is 1. The first-order valence-corrected chi connectivity index (χ1v) is 9.91. The van der Waals surface area contributed by atoms with E-state index in [1.165, 1.54) is 22.8 Å². The number of aliphatic hydroxyl groups excluding tert-OH is 1. The van der Waals surface area contributed by atoms with Crippen LogP contribution in [-0.4, -0.2) is 36.8 Å². The predicted molar refractivity (Wildman–Crippen MR) is 111 cm³/mol. The van der Waals surface area contributed by atoms with Crippen LogP contribution >= 0.6 is 11.6 Å². The van der Waals surface area contributed by atoms with E-state index >= 15 is 0 Å². The molecule has 0 saturated carbocycles. The normalized spacial score (nSPS) is 11.3. The Hall–Kier alpha value is -2.84. The average molecular weight is 433 g/mol. The fraction of sp³-hybridized carbons (Fsp3) is 0.333. The van der Waals surface area contributed by atoms with E-state index in [4.69, 9.17) is 16.7 Å². The molecule has 9 heteroatoms. The van der Waals surface area contributed by atoms with Gasteiger partial charge in [0.25, 0.3) is 0 Å². The Balaban J connectivity index is 2.09. The molecule has 30 heavy (non-hydrogen) atoms. The van der Waals surface area contributed by atoms with Gasteiger partial charge in [-0.15, -0.1) is 5.10 Å². The van der Waals surface area contributed by atoms with Crippen LogP contribution in [0.15, 0.2) is 41.3 Å². The van der Waals surface area contributed by atoms with Crippen molar-refractivity contribution in [1.82, 2.24) is 19.3 Å². The lowest BCUT2D eigenvalue weighted by atomic mass is 10.1. The maximum Gasteiger partial charge on any atom is 0.352 e. The minimum absolute atomic E-state index is 0.0109. The molecule has 2 aromatic heterocycles. The molecule has 3 rings (SSSR count). The standard InChI is InChI=1S/C21H22ClFN4O3/c1-13(2)9-16(29)12-26-20(15-4-5-18(23)17(22)10-15)25-27(21(26)30)19-6-3-14(7-8-28)11-24-19/h3-6,10-11,13,28H,7-9,12H2,1-2H3. The molecule has 0 bridgehead atoms. The molecule has 1 aromatic carbocycles. The lowest BCUT2D eigenvalue weighted by Crippen LogP contribution is -2.27. The number of hydrogen-bond donors (Lipinski definition) is 1. The van der Waals surface area contributed by atoms with Crippen molar-refractivity contribution in [3.05, 3.63) is 63.4 Å². The highest BCUT2D eigenvalue weighted by molar-refractivity contribution is 6.31. The summed E-state index contributed by atoms with van der Waals surface area (Å²) in [7, 11) is 0. The second kappa shape index (κ2) is 9.32. The molecule has 3 aromatic rings. The molecule has 7 nitrogen and oxygen atoms in total. The molecule has 0 fully saturated rings. The summed E-state index contributed by atoms with van der Waals surface area (Å²) in [5.41, 5.74) is 0.683. The van der Waals surface area contributed by atoms with Gasteiger partial charge in [0, 0.05) is 24.8 Å². The van der Waals surface area contributed by atoms with Crippen LogP contribution in [0.1, 0.15) is 25.8 Å². The van der Waals surface area contributed by atoms with E-state index in [0.717, 1.165) is 10.2 Å². The maximum absolute atomic E-state index is 13.6. The van der Waals surface area contributed by atoms with Crippen molar-refractivity contribution >= 4 is 17.4 Å². The molecule has 158 valence electrons. The number of carbonyl (C=O) groups excluding carboxylic acids is 1. The van der Waals surface area contributed by atoms with Gasteiger partial charge >= 0.3 is 5.69 Å². The van der Waals surface area contributed by atoms with Gasteiger partial charge in [-0.3, -0.25) is 9.36 Å². The van der Waals surface area contributed by atoms with E-state index in [2.05, 4.69) is 10.1 Å². The van der Waals surface area contributed by atoms with Gasteiger partial charge in [-0.05, 0) is 42.2 Å². The highest BCUT2D eigenvalue weighted by Gasteiger charge is 2.20. The van der Waals surface area contributed by atoms with Gasteiger partial charge in [-0.1, -0.05) is 31.5 Å². The Morgan fingerprint density at radius 2 is 2.03 bits per heavy atom. The van der Waals surface area contributed by atoms with Crippen LogP contribution in [0.25, 0.3) is 17.2 Å². The largest absolute Gasteiger partial charge is 0.396 e. The monoisotopic (exact) mass is 432 g/mol. The lowest BCUT2D eigenvalue weighted by Gasteiger charge is -2.07. The van der Waals surface area contributed by atoms with E-state index in [1.807, 2.05) is 13.8 Å². The predicted octanol–water partition coefficient (Wildman–Crippen LogP) is 3.04. The zero-order valence-corrected chi connectivity index (χ0v) is 17.4. The van der Waals surface area contributed by atoms with Gasteiger partial charge in [0.05, 0.1) is 11.6 Å². The summed E-state index contributed by atoms with van der Waals surface area (Å²) in [6.45, 7) is 3.66. The molecule has 1 N–H and O–H groups in total. The summed E-state index contributed by atoms with van der Waals surface area (Å²) in [5, 5.41) is 13.3. The summed E-state index contributed by atoms with van der Waals surface area (Å²) in [4.78, 5) is 29.7. The van der Waals surface area contributed by atoms with Gasteiger partial charge in [-0.2, -0.15) is 4.68 Å². The Bertz CT molecular complexity index is 1110. The van der Waals surface area contributed by atoms with Crippen molar-refractivity contribution in [3.8, 4) is 17.2 Å². The van der Waals surface area contributed by atoms with Crippen molar-refractivity contribution in [1.29, 1.82) is 0 Å². The highest BCUT2D eigenvalue weighted by atomic mass is 35.5. The number of ketones is 1. The first kappa shape index (κ1) is 21.9. The van der Waals surface area contributed by atoms with Gasteiger partial charge in [0.1, 0.15) is 5.82 Å². The maximum atomic E-state index is 13.6. The van der Waals surface area contributed by atoms with Crippen molar-refractivity contribution in [2.75, 3.05) is 6.61 Å². The zero-order chi connectivity index (χ0) is 21.8. The molecule has 0 saturated heterocycles. The number of hydrogen-bond acceptors (Lipinski definition) is 5. The molecule has 0 atom stereocenters. The molecule has 0 spiro atoms. The second-order valence-corrected chi connectivity index (χ2v) is 7.78. The Morgan fingerprint density at radius 3 is 2.63 bits per heavy atom. The number of nitrogens with zero attached hydrogens (tertiary/aromatic N) is 4. The topological polar surface area (TPSA) is 90.0 Å². The Kier molecular flexibility index (Phi) is 6.79. The SMILES string of the molecule is CC(C)CC(=O)Cn1c(-c2ccc(F)c(Cl)c2)nn(-c2ccc(CCO)cn2)c1=O. The number of rotatable bonds is 8. The first-order chi connectivity index (χ1) is 14.3. The molecule has 0 aliphatic carbocycles. The molecule has 0 amide bonds. The third kappa shape index (κ3) is 4.83. The quantitative estimate of drug-likeness (QED) is 0.591. The Morgan fingerprint density at radius 1 is 1.27 bits per heavy atom. The third-order valence-electron chi connectivity index (χ3n) is 4.44. The van der Waals surface area contributed by atoms with Crippen molar-refractivity contribution in [3.63, 3.8) is 0 Å². The molecule has 0 aliphatic heterocycles. The van der Waals surface area contributed by atoms with Gasteiger partial charge in [-0.25, -0.2) is 14.2 Å². The van der Waals surface area contributed by atoms with Crippen LogP contribution in [0.3, 0.4) is 0 Å². The number of pyridine rings is 1. The van der Waals surface area contributed by atoms with E-state index in [-0.39, 0.29) is 41.5 Å². The molecule has 2 heterocycles. The summed E-state index contributed by atoms with van der Waals surface area (Å²) < 4.78 is 16.0. The highest BCUT2D eigenvalue weighted by Crippen LogP contribution is 2.23. The van der Waals surface area contributed by atoms with Crippen LogP contribution in [-0.2, 0) is 17.8 Å². The summed E-state index contributed by atoms with van der Waals surface area (Å²) in [6, 6.07) is 7.35. The van der Waals surface area contributed by atoms with Gasteiger partial charge in [0.15, 0.2) is 17.4 Å². The first-order valence-electron chi connectivity index (χ1n) is 9.53. The van der Waals surface area contributed by atoms with Crippen molar-refractivity contribution < 1.29 is 14.3 Å². The van der Waals surface area contributed by atoms with Crippen molar-refractivity contribution in [2.45, 2.75) is 33.2 Å². The van der Waals surface area contributed by atoms with Crippen molar-refractivity contribution in [2.24, 2.45) is 5.92 Å². The van der Waals surface area contributed by atoms with Crippen LogP contribution in [0, 0.1) is 11.7 Å². The number of Topliss-reactive ketones (excluding diaryl/α,β-unsaturated/α-hetero) is 1. The number of halogens is 2. The number of aromatic nitrogens is 4. The third-order valence-corrected chi connectivity index (χ3v) is 4.73. The molecular formula is C21H22ClFN4O3. The summed E-state index contributed by atoms with van der Waals surface area (Å²) in [5.74, 6) is -0.0997. The van der Waals surface area contributed by atoms with E-state index < -0.39 is 11.5 Å². The van der Waals surface area contributed by atoms with E-state index in [1.54, 1.807) is 18.3 Å². The van der Waals surface area contributed by atoms with Crippen LogP contribution in [0.5, 0.6) is 0 Å². The summed E-state index contributed by atoms with van der Waals surface area (Å²) in [6.07, 6.45) is 2.31. The molecule has 0 aliphatic rings. The number of carbonyl (C=O) groups is 1. The van der Waals surface area contributed by atoms with E-state index in [9.17, 15) is 14.0 Å². The lowest BCUT2D eigenvalue weighted by molar-refractivity contribution is -0.120. The average Bonchev–Trinajstić information content (AvgIpc) is 3.01. The Labute approximate surface area is 177 Å². The minimum atomic E-state index is -0.592. The minimum Gasteiger partial charge on any atom is -0.396 e. The smallest absolute Gasteiger partial charge is 0.352 e. The zero-order valence-electron chi connectivity index (χ0n) is 16.7. The second-order valence-electron chi connectivity index (χ2n) is 7.37. The van der Waals surface area contributed by atoms with Crippen LogP contribution < -0.4 is 5.69 Å². The fourth-order valence-corrected chi connectivity index (χ4v) is 3.23. The molecule has 0 radical (unpaired) electrons. The van der Waals surface area contributed by atoms with Crippen LogP contribution in [0.2, 0.25) is 5.02 Å². The number of aliphatic hydroxyl groups is 1. The van der Waals surface area contributed by atoms with E-state index in [0.29, 0.717) is 18.4 Å². The van der Waals surface area contributed by atoms with Crippen LogP contribution in [0.4, 0.5) is 4.39 Å². The fourth-order valence-electron chi connectivity index (χ4n) is 3.05.